The normalized spacial score (nSPS) is 19.3. The smallest absolute Gasteiger partial charge is 0.254 e. The van der Waals surface area contributed by atoms with E-state index in [1.807, 2.05) is 4.90 Å². The summed E-state index contributed by atoms with van der Waals surface area (Å²) in [5, 5.41) is 0.285. The Bertz CT molecular complexity index is 465. The number of likely N-dealkylation sites (tertiary alicyclic amines) is 1. The highest BCUT2D eigenvalue weighted by Gasteiger charge is 2.26. The second-order valence-electron chi connectivity index (χ2n) is 4.78. The lowest BCUT2D eigenvalue weighted by atomic mass is 9.99. The number of amides is 1. The van der Waals surface area contributed by atoms with Crippen LogP contribution in [-0.4, -0.2) is 35.5 Å². The van der Waals surface area contributed by atoms with Crippen molar-refractivity contribution in [2.75, 3.05) is 13.7 Å². The molecule has 1 amide bonds. The average Bonchev–Trinajstić information content (AvgIpc) is 2.45. The fourth-order valence-electron chi connectivity index (χ4n) is 2.56. The highest BCUT2D eigenvalue weighted by Crippen LogP contribution is 2.24. The molecule has 19 heavy (non-hydrogen) atoms. The van der Waals surface area contributed by atoms with Gasteiger partial charge in [-0.3, -0.25) is 4.79 Å². The molecule has 104 valence electrons. The Labute approximate surface area is 118 Å². The molecule has 4 nitrogen and oxygen atoms in total. The minimum Gasteiger partial charge on any atom is -0.481 e. The fourth-order valence-corrected chi connectivity index (χ4v) is 2.76. The van der Waals surface area contributed by atoms with E-state index in [1.54, 1.807) is 12.1 Å². The largest absolute Gasteiger partial charge is 0.481 e. The summed E-state index contributed by atoms with van der Waals surface area (Å²) in [4.78, 5) is 18.5. The number of carbonyl (C=O) groups excluding carboxylic acids is 1. The van der Waals surface area contributed by atoms with E-state index in [-0.39, 0.29) is 11.1 Å². The molecule has 1 atom stereocenters. The van der Waals surface area contributed by atoms with Gasteiger partial charge in [-0.2, -0.15) is 0 Å². The van der Waals surface area contributed by atoms with Gasteiger partial charge in [0.15, 0.2) is 0 Å². The maximum atomic E-state index is 12.6. The predicted molar refractivity (Wildman–Crippen MR) is 74.8 cm³/mol. The number of methoxy groups -OCH3 is 1. The first-order chi connectivity index (χ1) is 9.15. The van der Waals surface area contributed by atoms with E-state index >= 15 is 0 Å². The van der Waals surface area contributed by atoms with Gasteiger partial charge in [0, 0.05) is 24.2 Å². The summed E-state index contributed by atoms with van der Waals surface area (Å²) in [5.41, 5.74) is 0.553. The van der Waals surface area contributed by atoms with Crippen molar-refractivity contribution in [3.8, 4) is 5.88 Å². The molecule has 0 N–H and O–H groups in total. The summed E-state index contributed by atoms with van der Waals surface area (Å²) >= 11 is 5.92. The highest BCUT2D eigenvalue weighted by atomic mass is 35.5. The van der Waals surface area contributed by atoms with Crippen LogP contribution in [0.1, 0.15) is 43.0 Å². The third-order valence-electron chi connectivity index (χ3n) is 3.59. The molecule has 5 heteroatoms. The first-order valence-electron chi connectivity index (χ1n) is 6.68. The van der Waals surface area contributed by atoms with Crippen molar-refractivity contribution >= 4 is 17.5 Å². The molecule has 0 aliphatic carbocycles. The van der Waals surface area contributed by atoms with Gasteiger partial charge in [0.1, 0.15) is 5.15 Å². The van der Waals surface area contributed by atoms with E-state index in [9.17, 15) is 4.79 Å². The van der Waals surface area contributed by atoms with E-state index in [0.717, 1.165) is 25.8 Å². The van der Waals surface area contributed by atoms with Crippen LogP contribution < -0.4 is 4.74 Å². The Morgan fingerprint density at radius 3 is 3.00 bits per heavy atom. The molecule has 0 aromatic carbocycles. The van der Waals surface area contributed by atoms with Gasteiger partial charge in [-0.15, -0.1) is 0 Å². The van der Waals surface area contributed by atoms with Crippen LogP contribution in [0.3, 0.4) is 0 Å². The summed E-state index contributed by atoms with van der Waals surface area (Å²) in [5.74, 6) is 0.398. The highest BCUT2D eigenvalue weighted by molar-refractivity contribution is 6.29. The molecule has 1 unspecified atom stereocenters. The number of pyridine rings is 1. The first-order valence-corrected chi connectivity index (χ1v) is 7.06. The lowest BCUT2D eigenvalue weighted by Crippen LogP contribution is -2.43. The Morgan fingerprint density at radius 1 is 1.53 bits per heavy atom. The number of ether oxygens (including phenoxy) is 1. The quantitative estimate of drug-likeness (QED) is 0.800. The molecular weight excluding hydrogens is 264 g/mol. The van der Waals surface area contributed by atoms with Crippen LogP contribution >= 0.6 is 11.6 Å². The van der Waals surface area contributed by atoms with Gasteiger partial charge in [-0.1, -0.05) is 18.5 Å². The number of carbonyl (C=O) groups is 1. The van der Waals surface area contributed by atoms with Crippen molar-refractivity contribution in [3.63, 3.8) is 0 Å². The molecule has 1 aromatic heterocycles. The van der Waals surface area contributed by atoms with Gasteiger partial charge in [-0.05, 0) is 31.7 Å². The van der Waals surface area contributed by atoms with Crippen LogP contribution in [0.15, 0.2) is 12.1 Å². The lowest BCUT2D eigenvalue weighted by Gasteiger charge is -2.35. The standard InChI is InChI=1S/C14H19ClN2O2/c1-3-11-6-4-5-7-17(11)14(18)10-8-12(15)16-13(9-10)19-2/h8-9,11H,3-7H2,1-2H3. The van der Waals surface area contributed by atoms with Crippen LogP contribution in [0.5, 0.6) is 5.88 Å². The Balaban J connectivity index is 2.24. The molecule has 0 radical (unpaired) electrons. The monoisotopic (exact) mass is 282 g/mol. The van der Waals surface area contributed by atoms with E-state index in [0.29, 0.717) is 17.5 Å². The van der Waals surface area contributed by atoms with Crippen molar-refractivity contribution in [2.24, 2.45) is 0 Å². The van der Waals surface area contributed by atoms with Crippen molar-refractivity contribution in [2.45, 2.75) is 38.6 Å². The first kappa shape index (κ1) is 14.1. The number of aromatic nitrogens is 1. The molecule has 2 rings (SSSR count). The molecule has 0 spiro atoms. The van der Waals surface area contributed by atoms with Crippen molar-refractivity contribution in [3.05, 3.63) is 22.8 Å². The molecule has 1 aliphatic heterocycles. The van der Waals surface area contributed by atoms with Gasteiger partial charge >= 0.3 is 0 Å². The molecule has 1 fully saturated rings. The van der Waals surface area contributed by atoms with Crippen LogP contribution in [0.4, 0.5) is 0 Å². The van der Waals surface area contributed by atoms with Gasteiger partial charge in [0.2, 0.25) is 5.88 Å². The van der Waals surface area contributed by atoms with Gasteiger partial charge < -0.3 is 9.64 Å². The third-order valence-corrected chi connectivity index (χ3v) is 3.78. The van der Waals surface area contributed by atoms with Gasteiger partial charge in [0.25, 0.3) is 5.91 Å². The molecular formula is C14H19ClN2O2. The van der Waals surface area contributed by atoms with Crippen LogP contribution in [0.25, 0.3) is 0 Å². The van der Waals surface area contributed by atoms with Gasteiger partial charge in [0.05, 0.1) is 7.11 Å². The van der Waals surface area contributed by atoms with Crippen molar-refractivity contribution < 1.29 is 9.53 Å². The van der Waals surface area contributed by atoms with Crippen molar-refractivity contribution in [1.29, 1.82) is 0 Å². The lowest BCUT2D eigenvalue weighted by molar-refractivity contribution is 0.0607. The third kappa shape index (κ3) is 3.18. The zero-order chi connectivity index (χ0) is 13.8. The molecule has 1 aromatic rings. The zero-order valence-electron chi connectivity index (χ0n) is 11.4. The topological polar surface area (TPSA) is 42.4 Å². The number of halogens is 1. The Morgan fingerprint density at radius 2 is 2.32 bits per heavy atom. The maximum absolute atomic E-state index is 12.6. The molecule has 0 saturated carbocycles. The number of hydrogen-bond acceptors (Lipinski definition) is 3. The zero-order valence-corrected chi connectivity index (χ0v) is 12.1. The molecule has 0 bridgehead atoms. The van der Waals surface area contributed by atoms with E-state index in [2.05, 4.69) is 11.9 Å². The predicted octanol–water partition coefficient (Wildman–Crippen LogP) is 3.15. The molecule has 1 aliphatic rings. The minimum absolute atomic E-state index is 0.0224. The minimum atomic E-state index is 0.0224. The van der Waals surface area contributed by atoms with Crippen LogP contribution in [0, 0.1) is 0 Å². The van der Waals surface area contributed by atoms with Gasteiger partial charge in [-0.25, -0.2) is 4.98 Å². The Hall–Kier alpha value is -1.29. The number of rotatable bonds is 3. The average molecular weight is 283 g/mol. The molecule has 2 heterocycles. The second-order valence-corrected chi connectivity index (χ2v) is 5.16. The number of nitrogens with zero attached hydrogens (tertiary/aromatic N) is 2. The maximum Gasteiger partial charge on any atom is 0.254 e. The van der Waals surface area contributed by atoms with E-state index in [4.69, 9.17) is 16.3 Å². The Kier molecular flexibility index (Phi) is 4.64. The van der Waals surface area contributed by atoms with Crippen LogP contribution in [-0.2, 0) is 0 Å². The van der Waals surface area contributed by atoms with Crippen LogP contribution in [0.2, 0.25) is 5.15 Å². The van der Waals surface area contributed by atoms with E-state index in [1.165, 1.54) is 13.5 Å². The summed E-state index contributed by atoms with van der Waals surface area (Å²) in [6, 6.07) is 3.59. The second kappa shape index (κ2) is 6.24. The number of piperidine rings is 1. The van der Waals surface area contributed by atoms with Crippen molar-refractivity contribution in [1.82, 2.24) is 9.88 Å². The summed E-state index contributed by atoms with van der Waals surface area (Å²) in [6.45, 7) is 2.94. The SMILES string of the molecule is CCC1CCCCN1C(=O)c1cc(Cl)nc(OC)c1. The van der Waals surface area contributed by atoms with E-state index < -0.39 is 0 Å². The molecule has 1 saturated heterocycles. The number of hydrogen-bond donors (Lipinski definition) is 0. The summed E-state index contributed by atoms with van der Waals surface area (Å²) in [7, 11) is 1.52. The summed E-state index contributed by atoms with van der Waals surface area (Å²) in [6.07, 6.45) is 4.33. The fraction of sp³-hybridized carbons (Fsp3) is 0.571. The summed E-state index contributed by atoms with van der Waals surface area (Å²) < 4.78 is 5.06.